The minimum atomic E-state index is -0.657. The van der Waals surface area contributed by atoms with E-state index < -0.39 is 5.91 Å². The van der Waals surface area contributed by atoms with E-state index in [9.17, 15) is 9.59 Å². The topological polar surface area (TPSA) is 96.2 Å². The second kappa shape index (κ2) is 7.91. The molecule has 0 aliphatic heterocycles. The Hall–Kier alpha value is -3.71. The van der Waals surface area contributed by atoms with Crippen molar-refractivity contribution >= 4 is 23.6 Å². The summed E-state index contributed by atoms with van der Waals surface area (Å²) in [4.78, 5) is 27.9. The van der Waals surface area contributed by atoms with Crippen molar-refractivity contribution in [3.63, 3.8) is 0 Å². The van der Waals surface area contributed by atoms with E-state index >= 15 is 0 Å². The number of hydroxylamine groups is 1. The van der Waals surface area contributed by atoms with Crippen LogP contribution in [0.15, 0.2) is 73.2 Å². The molecule has 0 bridgehead atoms. The molecule has 0 saturated carbocycles. The summed E-state index contributed by atoms with van der Waals surface area (Å²) in [6, 6.07) is 14.2. The van der Waals surface area contributed by atoms with Crippen LogP contribution in [0.3, 0.4) is 0 Å². The first kappa shape index (κ1) is 17.1. The predicted molar refractivity (Wildman–Crippen MR) is 96.9 cm³/mol. The van der Waals surface area contributed by atoms with Gasteiger partial charge in [0.1, 0.15) is 5.82 Å². The average Bonchev–Trinajstić information content (AvgIpc) is 3.22. The van der Waals surface area contributed by atoms with Crippen LogP contribution in [-0.4, -0.2) is 26.6 Å². The van der Waals surface area contributed by atoms with Crippen LogP contribution in [-0.2, 0) is 4.79 Å². The van der Waals surface area contributed by atoms with E-state index in [-0.39, 0.29) is 5.91 Å². The van der Waals surface area contributed by atoms with E-state index in [1.807, 2.05) is 29.1 Å². The van der Waals surface area contributed by atoms with E-state index in [4.69, 9.17) is 5.21 Å². The normalized spacial score (nSPS) is 10.7. The van der Waals surface area contributed by atoms with Crippen LogP contribution in [0.4, 0.5) is 5.69 Å². The highest BCUT2D eigenvalue weighted by molar-refractivity contribution is 6.05. The van der Waals surface area contributed by atoms with Gasteiger partial charge >= 0.3 is 0 Å². The minimum absolute atomic E-state index is 0.316. The second-order valence-corrected chi connectivity index (χ2v) is 5.35. The molecule has 0 unspecified atom stereocenters. The highest BCUT2D eigenvalue weighted by Crippen LogP contribution is 2.18. The molecule has 7 heteroatoms. The van der Waals surface area contributed by atoms with Crippen LogP contribution < -0.4 is 10.8 Å². The molecule has 0 atom stereocenters. The van der Waals surface area contributed by atoms with Crippen LogP contribution in [0.5, 0.6) is 0 Å². The molecule has 2 aromatic heterocycles. The Morgan fingerprint density at radius 2 is 1.81 bits per heavy atom. The molecular formula is C19H16N4O3. The predicted octanol–water partition coefficient (Wildman–Crippen LogP) is 2.64. The number of hydrogen-bond donors (Lipinski definition) is 3. The Morgan fingerprint density at radius 3 is 2.50 bits per heavy atom. The number of amides is 2. The molecule has 3 aromatic rings. The highest BCUT2D eigenvalue weighted by atomic mass is 16.5. The molecule has 0 saturated heterocycles. The summed E-state index contributed by atoms with van der Waals surface area (Å²) in [5.41, 5.74) is 3.09. The molecule has 130 valence electrons. The zero-order chi connectivity index (χ0) is 18.4. The molecule has 2 amide bonds. The average molecular weight is 348 g/mol. The third-order valence-electron chi connectivity index (χ3n) is 3.61. The largest absolute Gasteiger partial charge is 0.321 e. The number of aromatic nitrogens is 2. The van der Waals surface area contributed by atoms with Gasteiger partial charge in [-0.05, 0) is 42.0 Å². The molecule has 0 aliphatic carbocycles. The lowest BCUT2D eigenvalue weighted by molar-refractivity contribution is -0.124. The lowest BCUT2D eigenvalue weighted by Gasteiger charge is -2.09. The first-order valence-electron chi connectivity index (χ1n) is 7.79. The summed E-state index contributed by atoms with van der Waals surface area (Å²) < 4.78 is 1.84. The zero-order valence-electron chi connectivity index (χ0n) is 13.7. The van der Waals surface area contributed by atoms with Gasteiger partial charge in [0.2, 0.25) is 0 Å². The smallest absolute Gasteiger partial charge is 0.267 e. The quantitative estimate of drug-likeness (QED) is 0.375. The minimum Gasteiger partial charge on any atom is -0.321 e. The number of rotatable bonds is 5. The van der Waals surface area contributed by atoms with Crippen molar-refractivity contribution in [3.05, 3.63) is 84.3 Å². The summed E-state index contributed by atoms with van der Waals surface area (Å²) in [7, 11) is 0. The molecular weight excluding hydrogens is 332 g/mol. The molecule has 3 N–H and O–H groups in total. The van der Waals surface area contributed by atoms with Gasteiger partial charge in [-0.15, -0.1) is 0 Å². The molecule has 26 heavy (non-hydrogen) atoms. The summed E-state index contributed by atoms with van der Waals surface area (Å²) in [5, 5.41) is 11.3. The van der Waals surface area contributed by atoms with Crippen LogP contribution in [0.2, 0.25) is 0 Å². The van der Waals surface area contributed by atoms with Gasteiger partial charge in [-0.2, -0.15) is 0 Å². The van der Waals surface area contributed by atoms with Crippen LogP contribution in [0.1, 0.15) is 15.9 Å². The SMILES string of the molecule is O=C(/C=C/c1ccccc1NC(=O)c1ccc(-n2cccc2)nc1)NO. The van der Waals surface area contributed by atoms with E-state index in [2.05, 4.69) is 10.3 Å². The molecule has 0 fully saturated rings. The summed E-state index contributed by atoms with van der Waals surface area (Å²) in [6.45, 7) is 0. The third-order valence-corrected chi connectivity index (χ3v) is 3.61. The molecule has 0 aliphatic rings. The number of nitrogens with one attached hydrogen (secondary N) is 2. The van der Waals surface area contributed by atoms with Gasteiger partial charge in [-0.25, -0.2) is 10.5 Å². The van der Waals surface area contributed by atoms with Crippen molar-refractivity contribution in [2.75, 3.05) is 5.32 Å². The van der Waals surface area contributed by atoms with Crippen molar-refractivity contribution in [2.45, 2.75) is 0 Å². The second-order valence-electron chi connectivity index (χ2n) is 5.35. The lowest BCUT2D eigenvalue weighted by Crippen LogP contribution is -2.15. The first-order chi connectivity index (χ1) is 12.7. The van der Waals surface area contributed by atoms with Gasteiger partial charge < -0.3 is 9.88 Å². The Bertz CT molecular complexity index is 932. The van der Waals surface area contributed by atoms with Gasteiger partial charge in [-0.1, -0.05) is 18.2 Å². The maximum absolute atomic E-state index is 12.5. The number of hydrogen-bond acceptors (Lipinski definition) is 4. The number of pyridine rings is 1. The summed E-state index contributed by atoms with van der Waals surface area (Å²) >= 11 is 0. The van der Waals surface area contributed by atoms with Gasteiger partial charge in [0.05, 0.1) is 5.56 Å². The number of carbonyl (C=O) groups is 2. The third kappa shape index (κ3) is 4.03. The Kier molecular flexibility index (Phi) is 5.21. The molecule has 3 rings (SSSR count). The van der Waals surface area contributed by atoms with Crippen molar-refractivity contribution < 1.29 is 14.8 Å². The number of carbonyl (C=O) groups excluding carboxylic acids is 2. The molecule has 0 spiro atoms. The van der Waals surface area contributed by atoms with E-state index in [1.54, 1.807) is 36.4 Å². The number of anilines is 1. The summed E-state index contributed by atoms with van der Waals surface area (Å²) in [6.07, 6.45) is 7.90. The van der Waals surface area contributed by atoms with E-state index in [1.165, 1.54) is 23.8 Å². The maximum atomic E-state index is 12.5. The fourth-order valence-electron chi connectivity index (χ4n) is 2.31. The van der Waals surface area contributed by atoms with Crippen LogP contribution >= 0.6 is 0 Å². The molecule has 0 radical (unpaired) electrons. The zero-order valence-corrected chi connectivity index (χ0v) is 13.7. The molecule has 1 aromatic carbocycles. The van der Waals surface area contributed by atoms with Gasteiger partial charge in [0.15, 0.2) is 0 Å². The van der Waals surface area contributed by atoms with Crippen molar-refractivity contribution in [1.82, 2.24) is 15.0 Å². The fraction of sp³-hybridized carbons (Fsp3) is 0. The van der Waals surface area contributed by atoms with Crippen LogP contribution in [0, 0.1) is 0 Å². The highest BCUT2D eigenvalue weighted by Gasteiger charge is 2.09. The molecule has 2 heterocycles. The van der Waals surface area contributed by atoms with Crippen molar-refractivity contribution in [2.24, 2.45) is 0 Å². The maximum Gasteiger partial charge on any atom is 0.267 e. The standard InChI is InChI=1S/C19H16N4O3/c24-18(22-26)10-8-14-5-1-2-6-16(14)21-19(25)15-7-9-17(20-13-15)23-11-3-4-12-23/h1-13,26H,(H,21,25)(H,22,24)/b10-8+. The Labute approximate surface area is 149 Å². The Balaban J connectivity index is 1.76. The monoisotopic (exact) mass is 348 g/mol. The Morgan fingerprint density at radius 1 is 1.04 bits per heavy atom. The lowest BCUT2D eigenvalue weighted by atomic mass is 10.1. The van der Waals surface area contributed by atoms with Gasteiger partial charge in [-0.3, -0.25) is 14.8 Å². The van der Waals surface area contributed by atoms with Gasteiger partial charge in [0.25, 0.3) is 11.8 Å². The first-order valence-corrected chi connectivity index (χ1v) is 7.79. The van der Waals surface area contributed by atoms with Crippen molar-refractivity contribution in [3.8, 4) is 5.82 Å². The van der Waals surface area contributed by atoms with E-state index in [0.717, 1.165) is 0 Å². The number of benzene rings is 1. The van der Waals surface area contributed by atoms with Crippen LogP contribution in [0.25, 0.3) is 11.9 Å². The summed E-state index contributed by atoms with van der Waals surface area (Å²) in [5.74, 6) is -0.259. The number of para-hydroxylation sites is 1. The number of nitrogens with zero attached hydrogens (tertiary/aromatic N) is 2. The van der Waals surface area contributed by atoms with Gasteiger partial charge in [0, 0.05) is 30.4 Å². The fourth-order valence-corrected chi connectivity index (χ4v) is 2.31. The molecule has 7 nitrogen and oxygen atoms in total. The van der Waals surface area contributed by atoms with E-state index in [0.29, 0.717) is 22.6 Å². The van der Waals surface area contributed by atoms with Crippen molar-refractivity contribution in [1.29, 1.82) is 0 Å².